The van der Waals surface area contributed by atoms with Gasteiger partial charge in [0, 0.05) is 19.6 Å². The molecule has 0 radical (unpaired) electrons. The largest absolute Gasteiger partial charge is 0.394 e. The van der Waals surface area contributed by atoms with Gasteiger partial charge in [0.1, 0.15) is 0 Å². The molecule has 20 heavy (non-hydrogen) atoms. The van der Waals surface area contributed by atoms with E-state index in [0.29, 0.717) is 5.41 Å². The molecule has 0 aliphatic carbocycles. The van der Waals surface area contributed by atoms with E-state index in [9.17, 15) is 0 Å². The first-order chi connectivity index (χ1) is 9.70. The van der Waals surface area contributed by atoms with Crippen molar-refractivity contribution in [3.63, 3.8) is 0 Å². The predicted octanol–water partition coefficient (Wildman–Crippen LogP) is 2.84. The third kappa shape index (κ3) is 3.14. The summed E-state index contributed by atoms with van der Waals surface area (Å²) in [5.41, 5.74) is 0.415. The summed E-state index contributed by atoms with van der Waals surface area (Å²) in [6.07, 6.45) is 3.55. The fourth-order valence-corrected chi connectivity index (χ4v) is 5.65. The fourth-order valence-electron chi connectivity index (χ4n) is 2.97. The molecule has 0 atom stereocenters. The minimum absolute atomic E-state index is 0.415. The highest BCUT2D eigenvalue weighted by Gasteiger charge is 2.40. The Bertz CT molecular complexity index is 394. The van der Waals surface area contributed by atoms with Gasteiger partial charge in [-0.2, -0.15) is 0 Å². The van der Waals surface area contributed by atoms with E-state index < -0.39 is 8.56 Å². The molecule has 1 fully saturated rings. The van der Waals surface area contributed by atoms with Crippen molar-refractivity contribution in [3.8, 4) is 0 Å². The SMILES string of the molecule is CCC1(CCC[Si](OC)(OC)c2ccccc2)COC1. The van der Waals surface area contributed by atoms with E-state index in [1.807, 2.05) is 6.07 Å². The highest BCUT2D eigenvalue weighted by atomic mass is 28.4. The van der Waals surface area contributed by atoms with Gasteiger partial charge in [-0.3, -0.25) is 0 Å². The van der Waals surface area contributed by atoms with E-state index in [2.05, 4.69) is 31.2 Å². The van der Waals surface area contributed by atoms with Crippen molar-refractivity contribution in [2.75, 3.05) is 27.4 Å². The lowest BCUT2D eigenvalue weighted by atomic mass is 9.79. The molecule has 1 aliphatic heterocycles. The molecular weight excluding hydrogens is 268 g/mol. The van der Waals surface area contributed by atoms with Crippen LogP contribution in [-0.4, -0.2) is 36.0 Å². The van der Waals surface area contributed by atoms with Crippen molar-refractivity contribution in [2.24, 2.45) is 5.41 Å². The van der Waals surface area contributed by atoms with Crippen LogP contribution in [0.25, 0.3) is 0 Å². The summed E-state index contributed by atoms with van der Waals surface area (Å²) in [4.78, 5) is 0. The number of rotatable bonds is 8. The van der Waals surface area contributed by atoms with E-state index in [4.69, 9.17) is 13.6 Å². The summed E-state index contributed by atoms with van der Waals surface area (Å²) in [5, 5.41) is 1.22. The second kappa shape index (κ2) is 6.85. The van der Waals surface area contributed by atoms with Crippen LogP contribution in [0.4, 0.5) is 0 Å². The molecule has 0 saturated carbocycles. The Morgan fingerprint density at radius 2 is 1.80 bits per heavy atom. The van der Waals surface area contributed by atoms with Gasteiger partial charge < -0.3 is 13.6 Å². The molecule has 0 unspecified atom stereocenters. The van der Waals surface area contributed by atoms with Crippen molar-refractivity contribution in [3.05, 3.63) is 30.3 Å². The Hall–Kier alpha value is -0.683. The summed E-state index contributed by atoms with van der Waals surface area (Å²) in [6, 6.07) is 11.4. The Labute approximate surface area is 123 Å². The van der Waals surface area contributed by atoms with Crippen LogP contribution >= 0.6 is 0 Å². The van der Waals surface area contributed by atoms with Gasteiger partial charge in [-0.15, -0.1) is 0 Å². The molecule has 0 amide bonds. The van der Waals surface area contributed by atoms with Crippen LogP contribution in [0.2, 0.25) is 6.04 Å². The summed E-state index contributed by atoms with van der Waals surface area (Å²) >= 11 is 0. The molecule has 0 N–H and O–H groups in total. The molecule has 4 heteroatoms. The Kier molecular flexibility index (Phi) is 5.38. The van der Waals surface area contributed by atoms with E-state index in [-0.39, 0.29) is 0 Å². The van der Waals surface area contributed by atoms with Gasteiger partial charge in [0.05, 0.1) is 13.2 Å². The molecule has 0 spiro atoms. The Balaban J connectivity index is 1.99. The highest BCUT2D eigenvalue weighted by Crippen LogP contribution is 2.37. The summed E-state index contributed by atoms with van der Waals surface area (Å²) in [7, 11) is 1.30. The molecule has 112 valence electrons. The van der Waals surface area contributed by atoms with Crippen LogP contribution in [0.3, 0.4) is 0 Å². The minimum atomic E-state index is -2.26. The lowest BCUT2D eigenvalue weighted by Crippen LogP contribution is -2.52. The minimum Gasteiger partial charge on any atom is -0.394 e. The second-order valence-electron chi connectivity index (χ2n) is 5.73. The van der Waals surface area contributed by atoms with Crippen LogP contribution in [0, 0.1) is 5.41 Å². The smallest absolute Gasteiger partial charge is 0.371 e. The van der Waals surface area contributed by atoms with Gasteiger partial charge in [0.15, 0.2) is 0 Å². The maximum atomic E-state index is 5.86. The molecular formula is C16H26O3Si. The van der Waals surface area contributed by atoms with Crippen LogP contribution in [0.1, 0.15) is 26.2 Å². The average molecular weight is 294 g/mol. The van der Waals surface area contributed by atoms with Crippen LogP contribution in [0.5, 0.6) is 0 Å². The maximum Gasteiger partial charge on any atom is 0.371 e. The molecule has 1 aromatic carbocycles. The van der Waals surface area contributed by atoms with Crippen LogP contribution in [0.15, 0.2) is 30.3 Å². The van der Waals surface area contributed by atoms with Gasteiger partial charge >= 0.3 is 8.56 Å². The third-order valence-corrected chi connectivity index (χ3v) is 8.20. The van der Waals surface area contributed by atoms with E-state index in [0.717, 1.165) is 25.7 Å². The highest BCUT2D eigenvalue weighted by molar-refractivity contribution is 6.81. The maximum absolute atomic E-state index is 5.86. The number of hydrogen-bond acceptors (Lipinski definition) is 3. The molecule has 1 heterocycles. The van der Waals surface area contributed by atoms with Crippen molar-refractivity contribution in [1.82, 2.24) is 0 Å². The molecule has 0 bridgehead atoms. The molecule has 2 rings (SSSR count). The fraction of sp³-hybridized carbons (Fsp3) is 0.625. The predicted molar refractivity (Wildman–Crippen MR) is 83.4 cm³/mol. The molecule has 1 saturated heterocycles. The first-order valence-corrected chi connectivity index (χ1v) is 9.46. The van der Waals surface area contributed by atoms with E-state index in [1.54, 1.807) is 14.2 Å². The van der Waals surface area contributed by atoms with Crippen LogP contribution in [-0.2, 0) is 13.6 Å². The quantitative estimate of drug-likeness (QED) is 0.690. The topological polar surface area (TPSA) is 27.7 Å². The van der Waals surface area contributed by atoms with Crippen molar-refractivity contribution in [1.29, 1.82) is 0 Å². The standard InChI is InChI=1S/C16H26O3Si/c1-4-16(13-19-14-16)11-8-12-20(17-2,18-3)15-9-6-5-7-10-15/h5-7,9-10H,4,8,11-14H2,1-3H3. The van der Waals surface area contributed by atoms with E-state index in [1.165, 1.54) is 18.0 Å². The second-order valence-corrected chi connectivity index (χ2v) is 9.13. The number of hydrogen-bond donors (Lipinski definition) is 0. The summed E-state index contributed by atoms with van der Waals surface area (Å²) in [6.45, 7) is 4.10. The van der Waals surface area contributed by atoms with Gasteiger partial charge in [-0.1, -0.05) is 43.7 Å². The molecule has 3 nitrogen and oxygen atoms in total. The zero-order valence-corrected chi connectivity index (χ0v) is 13.9. The van der Waals surface area contributed by atoms with Gasteiger partial charge in [0.25, 0.3) is 0 Å². The van der Waals surface area contributed by atoms with E-state index >= 15 is 0 Å². The zero-order chi connectivity index (χ0) is 14.5. The first-order valence-electron chi connectivity index (χ1n) is 7.44. The summed E-state index contributed by atoms with van der Waals surface area (Å²) in [5.74, 6) is 0. The number of ether oxygens (including phenoxy) is 1. The van der Waals surface area contributed by atoms with Crippen molar-refractivity contribution < 1.29 is 13.6 Å². The van der Waals surface area contributed by atoms with Crippen LogP contribution < -0.4 is 5.19 Å². The van der Waals surface area contributed by atoms with Gasteiger partial charge in [-0.05, 0) is 24.1 Å². The zero-order valence-electron chi connectivity index (χ0n) is 12.9. The Morgan fingerprint density at radius 3 is 2.25 bits per heavy atom. The molecule has 0 aromatic heterocycles. The third-order valence-electron chi connectivity index (χ3n) is 4.65. The van der Waals surface area contributed by atoms with Crippen molar-refractivity contribution >= 4 is 13.7 Å². The number of benzene rings is 1. The first kappa shape index (κ1) is 15.7. The molecule has 1 aromatic rings. The van der Waals surface area contributed by atoms with Crippen molar-refractivity contribution in [2.45, 2.75) is 32.2 Å². The van der Waals surface area contributed by atoms with Gasteiger partial charge in [0.2, 0.25) is 0 Å². The normalized spacial score (nSPS) is 17.8. The average Bonchev–Trinajstić information content (AvgIpc) is 2.47. The lowest BCUT2D eigenvalue weighted by molar-refractivity contribution is -0.119. The molecule has 1 aliphatic rings. The Morgan fingerprint density at radius 1 is 1.15 bits per heavy atom. The monoisotopic (exact) mass is 294 g/mol. The lowest BCUT2D eigenvalue weighted by Gasteiger charge is -2.41. The van der Waals surface area contributed by atoms with Gasteiger partial charge in [-0.25, -0.2) is 0 Å². The summed E-state index contributed by atoms with van der Waals surface area (Å²) < 4.78 is 17.1.